The van der Waals surface area contributed by atoms with Gasteiger partial charge in [-0.25, -0.2) is 13.2 Å². The van der Waals surface area contributed by atoms with Crippen LogP contribution in [0.1, 0.15) is 27.2 Å². The number of hydrogen-bond acceptors (Lipinski definition) is 6. The highest BCUT2D eigenvalue weighted by atomic mass is 32.2. The molecule has 3 rings (SSSR count). The molecule has 2 aliphatic rings. The zero-order chi connectivity index (χ0) is 19.7. The molecule has 1 aromatic rings. The number of carbonyl (C=O) groups excluding carboxylic acids is 1. The number of ether oxygens (including phenoxy) is 3. The predicted octanol–water partition coefficient (Wildman–Crippen LogP) is 2.09. The quantitative estimate of drug-likeness (QED) is 0.758. The summed E-state index contributed by atoms with van der Waals surface area (Å²) in [7, 11) is -3.67. The summed E-state index contributed by atoms with van der Waals surface area (Å²) >= 11 is 0. The number of amides is 1. The molecule has 1 saturated heterocycles. The second-order valence-electron chi connectivity index (χ2n) is 7.53. The Morgan fingerprint density at radius 2 is 1.67 bits per heavy atom. The Hall–Kier alpha value is -2.00. The van der Waals surface area contributed by atoms with Crippen LogP contribution >= 0.6 is 0 Å². The Bertz CT molecular complexity index is 795. The van der Waals surface area contributed by atoms with Crippen LogP contribution in [0.25, 0.3) is 0 Å². The number of hydrogen-bond donors (Lipinski definition) is 0. The third kappa shape index (κ3) is 4.65. The van der Waals surface area contributed by atoms with Crippen molar-refractivity contribution in [2.45, 2.75) is 37.7 Å². The minimum atomic E-state index is -3.67. The molecule has 0 aliphatic carbocycles. The van der Waals surface area contributed by atoms with E-state index in [-0.39, 0.29) is 18.0 Å². The van der Waals surface area contributed by atoms with Gasteiger partial charge in [-0.2, -0.15) is 4.31 Å². The van der Waals surface area contributed by atoms with E-state index in [4.69, 9.17) is 14.2 Å². The fourth-order valence-electron chi connectivity index (χ4n) is 2.89. The minimum absolute atomic E-state index is 0.164. The summed E-state index contributed by atoms with van der Waals surface area (Å²) in [6.07, 6.45) is 0.332. The van der Waals surface area contributed by atoms with Crippen LogP contribution in [0.2, 0.25) is 0 Å². The molecule has 2 aliphatic heterocycles. The normalized spacial score (nSPS) is 18.7. The van der Waals surface area contributed by atoms with Crippen molar-refractivity contribution in [1.29, 1.82) is 0 Å². The van der Waals surface area contributed by atoms with Crippen LogP contribution in [0.15, 0.2) is 23.1 Å². The van der Waals surface area contributed by atoms with E-state index >= 15 is 0 Å². The van der Waals surface area contributed by atoms with Crippen LogP contribution in [0.4, 0.5) is 4.79 Å². The third-order valence-corrected chi connectivity index (χ3v) is 6.14. The first-order valence-electron chi connectivity index (χ1n) is 9.04. The molecule has 1 amide bonds. The van der Waals surface area contributed by atoms with Gasteiger partial charge in [0.05, 0.1) is 18.1 Å². The van der Waals surface area contributed by atoms with Gasteiger partial charge in [-0.05, 0) is 32.9 Å². The number of benzene rings is 1. The second-order valence-corrected chi connectivity index (χ2v) is 9.47. The topological polar surface area (TPSA) is 85.4 Å². The first kappa shape index (κ1) is 19.8. The van der Waals surface area contributed by atoms with Crippen molar-refractivity contribution >= 4 is 16.1 Å². The van der Waals surface area contributed by atoms with Gasteiger partial charge in [0.2, 0.25) is 10.0 Å². The van der Waals surface area contributed by atoms with Gasteiger partial charge in [-0.1, -0.05) is 0 Å². The SMILES string of the molecule is CC(C)(C)OC(=O)N1CCN(S(=O)(=O)c2ccc3c(c2)OCCCO3)CC1. The molecular weight excluding hydrogens is 372 g/mol. The van der Waals surface area contributed by atoms with E-state index in [1.54, 1.807) is 26.8 Å². The molecule has 9 heteroatoms. The highest BCUT2D eigenvalue weighted by Gasteiger charge is 2.32. The van der Waals surface area contributed by atoms with E-state index in [0.29, 0.717) is 37.8 Å². The highest BCUT2D eigenvalue weighted by molar-refractivity contribution is 7.89. The summed E-state index contributed by atoms with van der Waals surface area (Å²) in [5, 5.41) is 0. The maximum atomic E-state index is 13.0. The van der Waals surface area contributed by atoms with E-state index in [9.17, 15) is 13.2 Å². The van der Waals surface area contributed by atoms with Crippen LogP contribution in [0.5, 0.6) is 11.5 Å². The van der Waals surface area contributed by atoms with Gasteiger partial charge in [-0.15, -0.1) is 0 Å². The molecule has 0 spiro atoms. The molecule has 8 nitrogen and oxygen atoms in total. The molecule has 0 N–H and O–H groups in total. The fourth-order valence-corrected chi connectivity index (χ4v) is 4.33. The van der Waals surface area contributed by atoms with Crippen molar-refractivity contribution in [3.05, 3.63) is 18.2 Å². The van der Waals surface area contributed by atoms with Crippen molar-refractivity contribution in [1.82, 2.24) is 9.21 Å². The van der Waals surface area contributed by atoms with Crippen LogP contribution < -0.4 is 9.47 Å². The standard InChI is InChI=1S/C18H26N2O6S/c1-18(2,3)26-17(21)19-7-9-20(10-8-19)27(22,23)14-5-6-15-16(13-14)25-12-4-11-24-15/h5-6,13H,4,7-12H2,1-3H3. The van der Waals surface area contributed by atoms with E-state index in [2.05, 4.69) is 0 Å². The number of rotatable bonds is 2. The lowest BCUT2D eigenvalue weighted by atomic mass is 10.2. The van der Waals surface area contributed by atoms with Crippen LogP contribution in [-0.4, -0.2) is 68.7 Å². The fraction of sp³-hybridized carbons (Fsp3) is 0.611. The lowest BCUT2D eigenvalue weighted by Gasteiger charge is -2.35. The Morgan fingerprint density at radius 3 is 2.30 bits per heavy atom. The Balaban J connectivity index is 1.68. The Labute approximate surface area is 160 Å². The van der Waals surface area contributed by atoms with Gasteiger partial charge in [0.1, 0.15) is 5.60 Å². The molecule has 150 valence electrons. The van der Waals surface area contributed by atoms with Crippen LogP contribution in [0, 0.1) is 0 Å². The maximum absolute atomic E-state index is 13.0. The van der Waals surface area contributed by atoms with Crippen LogP contribution in [0.3, 0.4) is 0 Å². The van der Waals surface area contributed by atoms with Crippen molar-refractivity contribution in [3.8, 4) is 11.5 Å². The number of sulfonamides is 1. The molecule has 1 aromatic carbocycles. The summed E-state index contributed by atoms with van der Waals surface area (Å²) in [5.74, 6) is 1.00. The van der Waals surface area contributed by atoms with E-state index in [0.717, 1.165) is 6.42 Å². The first-order chi connectivity index (χ1) is 12.7. The summed E-state index contributed by atoms with van der Waals surface area (Å²) in [6, 6.07) is 4.67. The van der Waals surface area contributed by atoms with Gasteiger partial charge in [0, 0.05) is 38.7 Å². The molecular formula is C18H26N2O6S. The summed E-state index contributed by atoms with van der Waals surface area (Å²) in [6.45, 7) is 7.46. The molecule has 0 radical (unpaired) electrons. The molecule has 0 bridgehead atoms. The van der Waals surface area contributed by atoms with E-state index < -0.39 is 21.7 Å². The minimum Gasteiger partial charge on any atom is -0.490 e. The lowest BCUT2D eigenvalue weighted by molar-refractivity contribution is 0.0192. The average Bonchev–Trinajstić information content (AvgIpc) is 2.85. The summed E-state index contributed by atoms with van der Waals surface area (Å²) in [4.78, 5) is 13.8. The van der Waals surface area contributed by atoms with Gasteiger partial charge < -0.3 is 19.1 Å². The smallest absolute Gasteiger partial charge is 0.410 e. The van der Waals surface area contributed by atoms with E-state index in [1.165, 1.54) is 21.3 Å². The highest BCUT2D eigenvalue weighted by Crippen LogP contribution is 2.33. The molecule has 0 saturated carbocycles. The molecule has 0 atom stereocenters. The monoisotopic (exact) mass is 398 g/mol. The Kier molecular flexibility index (Phi) is 5.53. The molecule has 2 heterocycles. The van der Waals surface area contributed by atoms with Crippen molar-refractivity contribution in [2.24, 2.45) is 0 Å². The van der Waals surface area contributed by atoms with Gasteiger partial charge in [-0.3, -0.25) is 0 Å². The second kappa shape index (κ2) is 7.55. The van der Waals surface area contributed by atoms with Crippen molar-refractivity contribution in [2.75, 3.05) is 39.4 Å². The first-order valence-corrected chi connectivity index (χ1v) is 10.5. The predicted molar refractivity (Wildman–Crippen MR) is 98.6 cm³/mol. The molecule has 1 fully saturated rings. The largest absolute Gasteiger partial charge is 0.490 e. The van der Waals surface area contributed by atoms with E-state index in [1.807, 2.05) is 0 Å². The summed E-state index contributed by atoms with van der Waals surface area (Å²) in [5.41, 5.74) is -0.579. The molecule has 27 heavy (non-hydrogen) atoms. The number of piperazine rings is 1. The average molecular weight is 398 g/mol. The number of nitrogens with zero attached hydrogens (tertiary/aromatic N) is 2. The van der Waals surface area contributed by atoms with Crippen molar-refractivity contribution < 1.29 is 27.4 Å². The number of fused-ring (bicyclic) bond motifs is 1. The third-order valence-electron chi connectivity index (χ3n) is 4.25. The summed E-state index contributed by atoms with van der Waals surface area (Å²) < 4.78 is 43.8. The van der Waals surface area contributed by atoms with Gasteiger partial charge in [0.15, 0.2) is 11.5 Å². The maximum Gasteiger partial charge on any atom is 0.410 e. The van der Waals surface area contributed by atoms with Crippen LogP contribution in [-0.2, 0) is 14.8 Å². The number of carbonyl (C=O) groups is 1. The zero-order valence-electron chi connectivity index (χ0n) is 15.9. The van der Waals surface area contributed by atoms with Gasteiger partial charge >= 0.3 is 6.09 Å². The van der Waals surface area contributed by atoms with Crippen molar-refractivity contribution in [3.63, 3.8) is 0 Å². The van der Waals surface area contributed by atoms with Gasteiger partial charge in [0.25, 0.3) is 0 Å². The lowest BCUT2D eigenvalue weighted by Crippen LogP contribution is -2.51. The zero-order valence-corrected chi connectivity index (χ0v) is 16.8. The molecule has 0 unspecified atom stereocenters. The molecule has 0 aromatic heterocycles. The Morgan fingerprint density at radius 1 is 1.04 bits per heavy atom.